The predicted octanol–water partition coefficient (Wildman–Crippen LogP) is 4.20. The number of amides is 1. The van der Waals surface area contributed by atoms with Gasteiger partial charge in [0.15, 0.2) is 6.61 Å². The van der Waals surface area contributed by atoms with E-state index >= 15 is 0 Å². The number of rotatable bonds is 6. The van der Waals surface area contributed by atoms with Crippen molar-refractivity contribution in [3.05, 3.63) is 29.3 Å². The Labute approximate surface area is 169 Å². The van der Waals surface area contributed by atoms with Crippen molar-refractivity contribution < 1.29 is 14.6 Å². The van der Waals surface area contributed by atoms with Crippen molar-refractivity contribution in [3.63, 3.8) is 0 Å². The van der Waals surface area contributed by atoms with Crippen molar-refractivity contribution >= 4 is 5.91 Å². The first-order chi connectivity index (χ1) is 13.5. The third-order valence-corrected chi connectivity index (χ3v) is 7.87. The summed E-state index contributed by atoms with van der Waals surface area (Å²) in [5.41, 5.74) is 3.01. The monoisotopic (exact) mass is 385 g/mol. The number of carbonyl (C=O) groups excluding carboxylic acids is 1. The number of nitrogens with one attached hydrogen (secondary N) is 1. The number of aliphatic hydroxyl groups is 1. The lowest BCUT2D eigenvalue weighted by Gasteiger charge is -2.50. The van der Waals surface area contributed by atoms with Crippen LogP contribution < -0.4 is 10.1 Å². The maximum absolute atomic E-state index is 11.9. The van der Waals surface area contributed by atoms with Crippen LogP contribution in [0.25, 0.3) is 0 Å². The molecule has 3 aliphatic carbocycles. The molecular formula is C24H35NO3. The van der Waals surface area contributed by atoms with Gasteiger partial charge in [0.2, 0.25) is 0 Å². The molecule has 1 aromatic carbocycles. The van der Waals surface area contributed by atoms with E-state index < -0.39 is 0 Å². The van der Waals surface area contributed by atoms with Crippen LogP contribution in [0, 0.1) is 17.3 Å². The van der Waals surface area contributed by atoms with Crippen molar-refractivity contribution in [2.75, 3.05) is 13.2 Å². The van der Waals surface area contributed by atoms with Crippen LogP contribution >= 0.6 is 0 Å². The molecule has 5 atom stereocenters. The average Bonchev–Trinajstić information content (AvgIpc) is 3.01. The van der Waals surface area contributed by atoms with Gasteiger partial charge in [-0.1, -0.05) is 26.3 Å². The zero-order valence-electron chi connectivity index (χ0n) is 17.4. The van der Waals surface area contributed by atoms with Gasteiger partial charge in [-0.3, -0.25) is 4.79 Å². The van der Waals surface area contributed by atoms with Crippen molar-refractivity contribution in [1.82, 2.24) is 5.32 Å². The first-order valence-corrected chi connectivity index (χ1v) is 11.2. The normalized spacial score (nSPS) is 33.5. The van der Waals surface area contributed by atoms with Crippen LogP contribution in [-0.2, 0) is 11.2 Å². The molecule has 154 valence electrons. The van der Waals surface area contributed by atoms with Crippen LogP contribution in [0.2, 0.25) is 0 Å². The average molecular weight is 386 g/mol. The molecule has 2 N–H and O–H groups in total. The van der Waals surface area contributed by atoms with Gasteiger partial charge in [-0.2, -0.15) is 0 Å². The van der Waals surface area contributed by atoms with Crippen molar-refractivity contribution in [2.24, 2.45) is 17.3 Å². The Morgan fingerprint density at radius 2 is 2.14 bits per heavy atom. The van der Waals surface area contributed by atoms with Crippen LogP contribution in [0.4, 0.5) is 0 Å². The molecule has 0 saturated heterocycles. The molecule has 28 heavy (non-hydrogen) atoms. The molecule has 2 fully saturated rings. The van der Waals surface area contributed by atoms with E-state index in [-0.39, 0.29) is 24.0 Å². The number of aryl methyl sites for hydroxylation is 1. The van der Waals surface area contributed by atoms with E-state index in [1.165, 1.54) is 30.4 Å². The van der Waals surface area contributed by atoms with Gasteiger partial charge in [0.1, 0.15) is 5.75 Å². The fourth-order valence-electron chi connectivity index (χ4n) is 6.23. The fraction of sp³-hybridized carbons (Fsp3) is 0.708. The molecule has 1 amide bonds. The highest BCUT2D eigenvalue weighted by Crippen LogP contribution is 2.60. The number of fused-ring (bicyclic) bond motifs is 5. The molecule has 4 rings (SSSR count). The molecule has 0 aromatic heterocycles. The van der Waals surface area contributed by atoms with E-state index in [1.54, 1.807) is 0 Å². The number of hydrogen-bond donors (Lipinski definition) is 2. The van der Waals surface area contributed by atoms with Gasteiger partial charge in [-0.05, 0) is 91.4 Å². The van der Waals surface area contributed by atoms with Crippen LogP contribution in [0.3, 0.4) is 0 Å². The van der Waals surface area contributed by atoms with Gasteiger partial charge in [0.25, 0.3) is 5.91 Å². The molecule has 3 aliphatic rings. The molecule has 5 unspecified atom stereocenters. The summed E-state index contributed by atoms with van der Waals surface area (Å²) in [6.45, 7) is 5.25. The minimum atomic E-state index is -0.112. The number of ether oxygens (including phenoxy) is 1. The van der Waals surface area contributed by atoms with Crippen LogP contribution in [0.1, 0.15) is 75.8 Å². The molecule has 0 spiro atoms. The first-order valence-electron chi connectivity index (χ1n) is 11.2. The molecule has 4 heteroatoms. The molecule has 2 saturated carbocycles. The van der Waals surface area contributed by atoms with E-state index in [1.807, 2.05) is 6.07 Å². The summed E-state index contributed by atoms with van der Waals surface area (Å²) in [5, 5.41) is 13.4. The summed E-state index contributed by atoms with van der Waals surface area (Å²) in [5.74, 6) is 2.76. The topological polar surface area (TPSA) is 58.6 Å². The Bertz CT molecular complexity index is 718. The number of carbonyl (C=O) groups is 1. The summed E-state index contributed by atoms with van der Waals surface area (Å²) >= 11 is 0. The van der Waals surface area contributed by atoms with Gasteiger partial charge in [-0.15, -0.1) is 0 Å². The van der Waals surface area contributed by atoms with Crippen LogP contribution in [-0.4, -0.2) is 30.3 Å². The summed E-state index contributed by atoms with van der Waals surface area (Å²) in [7, 11) is 0. The maximum Gasteiger partial charge on any atom is 0.257 e. The third-order valence-electron chi connectivity index (χ3n) is 7.87. The number of benzene rings is 1. The molecule has 1 aromatic rings. The molecule has 0 radical (unpaired) electrons. The Morgan fingerprint density at radius 3 is 2.96 bits per heavy atom. The molecule has 0 bridgehead atoms. The summed E-state index contributed by atoms with van der Waals surface area (Å²) in [6, 6.07) is 6.44. The van der Waals surface area contributed by atoms with E-state index in [4.69, 9.17) is 4.74 Å². The standard InChI is InChI=1S/C24H35NO3/c1-3-4-13-25-23(27)15-28-17-6-8-18-16(14-17)5-7-20-19(18)11-12-24(2)21(20)9-10-22(24)26/h6,8,14,19-22,26H,3-5,7,9-13,15H2,1-2H3,(H,25,27). The minimum Gasteiger partial charge on any atom is -0.484 e. The first kappa shape index (κ1) is 19.8. The lowest BCUT2D eigenvalue weighted by Crippen LogP contribution is -2.43. The number of hydrogen-bond acceptors (Lipinski definition) is 3. The Kier molecular flexibility index (Phi) is 5.69. The second-order valence-electron chi connectivity index (χ2n) is 9.41. The highest BCUT2D eigenvalue weighted by Gasteiger charge is 2.54. The fourth-order valence-corrected chi connectivity index (χ4v) is 6.23. The zero-order valence-corrected chi connectivity index (χ0v) is 17.4. The largest absolute Gasteiger partial charge is 0.484 e. The van der Waals surface area contributed by atoms with Crippen molar-refractivity contribution in [2.45, 2.75) is 77.2 Å². The summed E-state index contributed by atoms with van der Waals surface area (Å²) in [4.78, 5) is 11.9. The highest BCUT2D eigenvalue weighted by atomic mass is 16.5. The van der Waals surface area contributed by atoms with E-state index in [0.29, 0.717) is 17.8 Å². The smallest absolute Gasteiger partial charge is 0.257 e. The lowest BCUT2D eigenvalue weighted by molar-refractivity contribution is -0.123. The van der Waals surface area contributed by atoms with E-state index in [0.717, 1.165) is 44.4 Å². The number of aliphatic hydroxyl groups excluding tert-OH is 1. The van der Waals surface area contributed by atoms with Crippen LogP contribution in [0.15, 0.2) is 18.2 Å². The van der Waals surface area contributed by atoms with Crippen LogP contribution in [0.5, 0.6) is 5.75 Å². The van der Waals surface area contributed by atoms with E-state index in [2.05, 4.69) is 31.3 Å². The lowest BCUT2D eigenvalue weighted by atomic mass is 9.55. The van der Waals surface area contributed by atoms with Gasteiger partial charge in [0, 0.05) is 6.54 Å². The van der Waals surface area contributed by atoms with E-state index in [9.17, 15) is 9.90 Å². The summed E-state index contributed by atoms with van der Waals surface area (Å²) < 4.78 is 5.75. The highest BCUT2D eigenvalue weighted by molar-refractivity contribution is 5.77. The third kappa shape index (κ3) is 3.56. The maximum atomic E-state index is 11.9. The van der Waals surface area contributed by atoms with Gasteiger partial charge in [0.05, 0.1) is 6.10 Å². The predicted molar refractivity (Wildman–Crippen MR) is 110 cm³/mol. The quantitative estimate of drug-likeness (QED) is 0.722. The SMILES string of the molecule is CCCCNC(=O)COc1ccc2c(c1)CCC1C2CCC2(C)C(O)CCC12. The van der Waals surface area contributed by atoms with Gasteiger partial charge < -0.3 is 15.2 Å². The Morgan fingerprint density at radius 1 is 1.29 bits per heavy atom. The molecule has 4 nitrogen and oxygen atoms in total. The second-order valence-corrected chi connectivity index (χ2v) is 9.41. The minimum absolute atomic E-state index is 0.0439. The number of unbranched alkanes of at least 4 members (excludes halogenated alkanes) is 1. The second kappa shape index (κ2) is 8.06. The molecule has 0 heterocycles. The van der Waals surface area contributed by atoms with Gasteiger partial charge in [-0.25, -0.2) is 0 Å². The summed E-state index contributed by atoms with van der Waals surface area (Å²) in [6.07, 6.45) is 8.74. The van der Waals surface area contributed by atoms with Gasteiger partial charge >= 0.3 is 0 Å². The molecule has 0 aliphatic heterocycles. The Balaban J connectivity index is 1.41. The Hall–Kier alpha value is -1.55. The molecular weight excluding hydrogens is 350 g/mol. The zero-order chi connectivity index (χ0) is 19.7. The van der Waals surface area contributed by atoms with Crippen molar-refractivity contribution in [1.29, 1.82) is 0 Å². The van der Waals surface area contributed by atoms with Crippen molar-refractivity contribution in [3.8, 4) is 5.75 Å².